The number of hydrogen-bond acceptors (Lipinski definition) is 2. The molecule has 0 bridgehead atoms. The Hall–Kier alpha value is -0.840. The SMILES string of the molecule is CCCCCCCCC(O)(CCCCCCCC)c1cc(Br)ccc1-c1ccc(Br)cc1O. The molecular weight excluding hydrogens is 540 g/mol. The summed E-state index contributed by atoms with van der Waals surface area (Å²) in [6.45, 7) is 4.48. The van der Waals surface area contributed by atoms with Crippen molar-refractivity contribution in [2.45, 2.75) is 109 Å². The van der Waals surface area contributed by atoms with Crippen molar-refractivity contribution >= 4 is 31.9 Å². The second kappa shape index (κ2) is 15.2. The van der Waals surface area contributed by atoms with E-state index >= 15 is 0 Å². The van der Waals surface area contributed by atoms with Gasteiger partial charge in [-0.25, -0.2) is 0 Å². The van der Waals surface area contributed by atoms with E-state index in [-0.39, 0.29) is 5.75 Å². The predicted octanol–water partition coefficient (Wildman–Crippen LogP) is 10.3. The quantitative estimate of drug-likeness (QED) is 0.193. The largest absolute Gasteiger partial charge is 0.507 e. The summed E-state index contributed by atoms with van der Waals surface area (Å²) in [5, 5.41) is 22.8. The van der Waals surface area contributed by atoms with Crippen molar-refractivity contribution in [3.8, 4) is 16.9 Å². The van der Waals surface area contributed by atoms with Crippen LogP contribution in [0, 0.1) is 0 Å². The first kappa shape index (κ1) is 28.4. The first-order valence-electron chi connectivity index (χ1n) is 12.9. The number of aromatic hydroxyl groups is 1. The number of rotatable bonds is 16. The van der Waals surface area contributed by atoms with Crippen molar-refractivity contribution in [3.63, 3.8) is 0 Å². The van der Waals surface area contributed by atoms with Crippen molar-refractivity contribution in [2.75, 3.05) is 0 Å². The predicted molar refractivity (Wildman–Crippen MR) is 149 cm³/mol. The summed E-state index contributed by atoms with van der Waals surface area (Å²) in [5.74, 6) is 0.231. The van der Waals surface area contributed by atoms with Gasteiger partial charge in [0.1, 0.15) is 5.75 Å². The van der Waals surface area contributed by atoms with Crippen molar-refractivity contribution in [2.24, 2.45) is 0 Å². The number of aliphatic hydroxyl groups is 1. The maximum Gasteiger partial charge on any atom is 0.124 e. The molecule has 0 heterocycles. The third kappa shape index (κ3) is 9.38. The van der Waals surface area contributed by atoms with Gasteiger partial charge in [0.2, 0.25) is 0 Å². The van der Waals surface area contributed by atoms with Gasteiger partial charge in [0.05, 0.1) is 5.60 Å². The first-order chi connectivity index (χ1) is 15.9. The Balaban J connectivity index is 2.27. The van der Waals surface area contributed by atoms with Gasteiger partial charge in [-0.15, -0.1) is 0 Å². The lowest BCUT2D eigenvalue weighted by Gasteiger charge is -2.32. The molecule has 0 aromatic heterocycles. The molecule has 0 amide bonds. The molecule has 184 valence electrons. The van der Waals surface area contributed by atoms with Crippen molar-refractivity contribution in [1.29, 1.82) is 0 Å². The summed E-state index contributed by atoms with van der Waals surface area (Å²) in [6, 6.07) is 11.7. The third-order valence-electron chi connectivity index (χ3n) is 6.62. The molecule has 0 unspecified atom stereocenters. The molecule has 0 aliphatic carbocycles. The monoisotopic (exact) mass is 580 g/mol. The van der Waals surface area contributed by atoms with Crippen LogP contribution < -0.4 is 0 Å². The van der Waals surface area contributed by atoms with Crippen LogP contribution >= 0.6 is 31.9 Å². The summed E-state index contributed by atoms with van der Waals surface area (Å²) in [5.41, 5.74) is 1.72. The first-order valence-corrected chi connectivity index (χ1v) is 14.5. The molecule has 0 saturated carbocycles. The molecule has 33 heavy (non-hydrogen) atoms. The lowest BCUT2D eigenvalue weighted by Crippen LogP contribution is -2.27. The molecule has 0 spiro atoms. The standard InChI is InChI=1S/C29H42Br2O2/c1-3-5-7-9-11-13-19-29(33,20-14-12-10-8-6-4-2)27-21-23(30)15-17-25(27)26-18-16-24(31)22-28(26)32/h15-18,21-22,32-33H,3-14,19-20H2,1-2H3. The molecule has 2 rings (SSSR count). The fourth-order valence-corrected chi connectivity index (χ4v) is 5.37. The molecule has 2 aromatic carbocycles. The molecule has 2 aromatic rings. The molecular formula is C29H42Br2O2. The van der Waals surface area contributed by atoms with Gasteiger partial charge in [-0.05, 0) is 54.3 Å². The minimum absolute atomic E-state index is 0.231. The number of phenolic OH excluding ortho intramolecular Hbond substituents is 1. The van der Waals surface area contributed by atoms with Crippen LogP contribution in [0.3, 0.4) is 0 Å². The fraction of sp³-hybridized carbons (Fsp3) is 0.586. The summed E-state index contributed by atoms with van der Waals surface area (Å²) >= 11 is 7.07. The molecule has 2 N–H and O–H groups in total. The van der Waals surface area contributed by atoms with Crippen LogP contribution in [0.15, 0.2) is 45.3 Å². The average molecular weight is 582 g/mol. The van der Waals surface area contributed by atoms with E-state index in [1.165, 1.54) is 51.4 Å². The van der Waals surface area contributed by atoms with Crippen LogP contribution in [0.5, 0.6) is 5.75 Å². The van der Waals surface area contributed by atoms with Gasteiger partial charge in [0, 0.05) is 14.5 Å². The van der Waals surface area contributed by atoms with E-state index in [4.69, 9.17) is 0 Å². The molecule has 0 aliphatic rings. The number of hydrogen-bond donors (Lipinski definition) is 2. The highest BCUT2D eigenvalue weighted by Gasteiger charge is 2.31. The smallest absolute Gasteiger partial charge is 0.124 e. The molecule has 0 saturated heterocycles. The van der Waals surface area contributed by atoms with E-state index < -0.39 is 5.60 Å². The summed E-state index contributed by atoms with van der Waals surface area (Å²) < 4.78 is 1.80. The Kier molecular flexibility index (Phi) is 13.1. The molecule has 0 aliphatic heterocycles. The summed E-state index contributed by atoms with van der Waals surface area (Å²) in [7, 11) is 0. The van der Waals surface area contributed by atoms with Gasteiger partial charge in [-0.1, -0.05) is 129 Å². The van der Waals surface area contributed by atoms with Crippen LogP contribution in [0.1, 0.15) is 109 Å². The van der Waals surface area contributed by atoms with Crippen LogP contribution in [0.4, 0.5) is 0 Å². The number of unbranched alkanes of at least 4 members (excludes halogenated alkanes) is 10. The maximum absolute atomic E-state index is 12.1. The minimum atomic E-state index is -0.895. The molecule has 2 nitrogen and oxygen atoms in total. The summed E-state index contributed by atoms with van der Waals surface area (Å²) in [6.07, 6.45) is 16.0. The maximum atomic E-state index is 12.1. The summed E-state index contributed by atoms with van der Waals surface area (Å²) in [4.78, 5) is 0. The number of benzene rings is 2. The van der Waals surface area contributed by atoms with E-state index in [0.29, 0.717) is 0 Å². The third-order valence-corrected chi connectivity index (χ3v) is 7.61. The van der Waals surface area contributed by atoms with E-state index in [2.05, 4.69) is 51.8 Å². The van der Waals surface area contributed by atoms with Crippen LogP contribution in [-0.2, 0) is 5.60 Å². The van der Waals surface area contributed by atoms with Gasteiger partial charge < -0.3 is 10.2 Å². The van der Waals surface area contributed by atoms with Gasteiger partial charge >= 0.3 is 0 Å². The second-order valence-electron chi connectivity index (χ2n) is 9.42. The molecule has 4 heteroatoms. The zero-order valence-corrected chi connectivity index (χ0v) is 23.7. The van der Waals surface area contributed by atoms with E-state index in [1.54, 1.807) is 6.07 Å². The molecule has 0 fully saturated rings. The Morgan fingerprint density at radius 2 is 1.09 bits per heavy atom. The topological polar surface area (TPSA) is 40.5 Å². The number of halogens is 2. The van der Waals surface area contributed by atoms with Gasteiger partial charge in [-0.2, -0.15) is 0 Å². The highest BCUT2D eigenvalue weighted by atomic mass is 79.9. The Labute approximate surface area is 218 Å². The lowest BCUT2D eigenvalue weighted by atomic mass is 9.79. The van der Waals surface area contributed by atoms with Crippen molar-refractivity contribution in [3.05, 3.63) is 50.9 Å². The highest BCUT2D eigenvalue weighted by Crippen LogP contribution is 2.43. The number of phenols is 1. The van der Waals surface area contributed by atoms with E-state index in [1.807, 2.05) is 24.3 Å². The van der Waals surface area contributed by atoms with Gasteiger partial charge in [-0.3, -0.25) is 0 Å². The Morgan fingerprint density at radius 3 is 1.61 bits per heavy atom. The van der Waals surface area contributed by atoms with Crippen molar-refractivity contribution < 1.29 is 10.2 Å². The normalized spacial score (nSPS) is 11.8. The average Bonchev–Trinajstić information content (AvgIpc) is 2.79. The minimum Gasteiger partial charge on any atom is -0.507 e. The van der Waals surface area contributed by atoms with Gasteiger partial charge in [0.25, 0.3) is 0 Å². The van der Waals surface area contributed by atoms with Crippen LogP contribution in [-0.4, -0.2) is 10.2 Å². The van der Waals surface area contributed by atoms with E-state index in [0.717, 1.165) is 64.2 Å². The zero-order chi connectivity index (χ0) is 24.1. The zero-order valence-electron chi connectivity index (χ0n) is 20.5. The lowest BCUT2D eigenvalue weighted by molar-refractivity contribution is 0.0137. The molecule has 0 radical (unpaired) electrons. The van der Waals surface area contributed by atoms with Crippen LogP contribution in [0.25, 0.3) is 11.1 Å². The van der Waals surface area contributed by atoms with Gasteiger partial charge in [0.15, 0.2) is 0 Å². The van der Waals surface area contributed by atoms with Crippen molar-refractivity contribution in [1.82, 2.24) is 0 Å². The fourth-order valence-electron chi connectivity index (χ4n) is 4.66. The second-order valence-corrected chi connectivity index (χ2v) is 11.2. The Bertz CT molecular complexity index is 818. The Morgan fingerprint density at radius 1 is 0.636 bits per heavy atom. The van der Waals surface area contributed by atoms with Crippen LogP contribution in [0.2, 0.25) is 0 Å². The highest BCUT2D eigenvalue weighted by molar-refractivity contribution is 9.10. The van der Waals surface area contributed by atoms with E-state index in [9.17, 15) is 10.2 Å². The molecule has 0 atom stereocenters.